The van der Waals surface area contributed by atoms with Gasteiger partial charge in [0, 0.05) is 44.2 Å². The number of halogens is 4. The van der Waals surface area contributed by atoms with E-state index in [1.54, 1.807) is 11.0 Å². The summed E-state index contributed by atoms with van der Waals surface area (Å²) in [7, 11) is 0. The van der Waals surface area contributed by atoms with Crippen LogP contribution in [0, 0.1) is 17.5 Å². The highest BCUT2D eigenvalue weighted by molar-refractivity contribution is 6.41. The molecule has 3 saturated heterocycles. The number of benzene rings is 3. The van der Waals surface area contributed by atoms with Gasteiger partial charge in [0.25, 0.3) is 11.8 Å². The van der Waals surface area contributed by atoms with E-state index in [-0.39, 0.29) is 90.6 Å². The third-order valence-electron chi connectivity index (χ3n) is 15.0. The molecule has 0 saturated carbocycles. The molecule has 1 unspecified atom stereocenters. The molecule has 0 bridgehead atoms. The molecule has 6 heterocycles. The number of phenolic OH excluding ortho intramolecular Hbond substituents is 1. The second-order valence-electron chi connectivity index (χ2n) is 20.2. The number of imide groups is 1. The van der Waals surface area contributed by atoms with Crippen molar-refractivity contribution in [2.75, 3.05) is 44.2 Å². The number of carbonyl (C=O) groups is 4. The minimum Gasteiger partial charge on any atom is -0.507 e. The Hall–Kier alpha value is -6.59. The van der Waals surface area contributed by atoms with E-state index in [9.17, 15) is 33.5 Å². The molecule has 2 atom stereocenters. The second kappa shape index (κ2) is 21.5. The van der Waals surface area contributed by atoms with Crippen LogP contribution in [0.1, 0.15) is 123 Å². The Morgan fingerprint density at radius 2 is 1.64 bits per heavy atom. The molecule has 3 fully saturated rings. The van der Waals surface area contributed by atoms with Crippen molar-refractivity contribution in [3.63, 3.8) is 0 Å². The molecule has 0 radical (unpaired) electrons. The number of aryl methyl sites for hydroxylation is 1. The van der Waals surface area contributed by atoms with Crippen LogP contribution in [0.3, 0.4) is 0 Å². The van der Waals surface area contributed by atoms with Crippen molar-refractivity contribution < 1.29 is 37.5 Å². The van der Waals surface area contributed by atoms with Gasteiger partial charge in [-0.05, 0) is 136 Å². The summed E-state index contributed by atoms with van der Waals surface area (Å²) in [5, 5.41) is 13.1. The van der Waals surface area contributed by atoms with Gasteiger partial charge in [0.2, 0.25) is 11.8 Å². The molecule has 4 aliphatic heterocycles. The maximum Gasteiger partial charge on any atom is 0.355 e. The Balaban J connectivity index is 0.837. The topological polar surface area (TPSA) is 161 Å². The van der Waals surface area contributed by atoms with E-state index in [0.29, 0.717) is 11.3 Å². The summed E-state index contributed by atoms with van der Waals surface area (Å²) < 4.78 is 47.9. The van der Waals surface area contributed by atoms with Gasteiger partial charge in [0.1, 0.15) is 34.9 Å². The van der Waals surface area contributed by atoms with E-state index >= 15 is 8.78 Å². The van der Waals surface area contributed by atoms with Crippen molar-refractivity contribution in [1.29, 1.82) is 0 Å². The SMILES string of the molecule is C=C(Cl)C(=O)N1CCN(c2nc(=O)n(-c3ccc(CCCCCCCN4CCC(c5cc(F)cc6c5CN(C5CCC(=O)NC5=O)C6=O)CC4)cc3C(C)C)c3nc(-c4c(O)cccc4F)c(F)cc23)[C@@H](C)C1. The van der Waals surface area contributed by atoms with Crippen LogP contribution in [-0.4, -0.2) is 109 Å². The average Bonchev–Trinajstić information content (AvgIpc) is 3.68. The van der Waals surface area contributed by atoms with Crippen molar-refractivity contribution in [3.8, 4) is 22.7 Å². The van der Waals surface area contributed by atoms with Crippen molar-refractivity contribution in [2.45, 2.75) is 115 Å². The molecule has 14 nitrogen and oxygen atoms in total. The van der Waals surface area contributed by atoms with Crippen molar-refractivity contribution >= 4 is 52.1 Å². The molecule has 18 heteroatoms. The number of aromatic hydroxyl groups is 1. The summed E-state index contributed by atoms with van der Waals surface area (Å²) in [5.74, 6) is -4.17. The van der Waals surface area contributed by atoms with Crippen LogP contribution in [0.25, 0.3) is 28.0 Å². The first-order valence-corrected chi connectivity index (χ1v) is 25.7. The number of nitrogens with zero attached hydrogens (tertiary/aromatic N) is 7. The molecule has 4 aliphatic rings. The van der Waals surface area contributed by atoms with Crippen LogP contribution >= 0.6 is 11.6 Å². The number of nitrogens with one attached hydrogen (secondary N) is 1. The summed E-state index contributed by atoms with van der Waals surface area (Å²) in [6.07, 6.45) is 8.07. The van der Waals surface area contributed by atoms with Crippen molar-refractivity contribution in [2.24, 2.45) is 0 Å². The molecule has 9 rings (SSSR count). The van der Waals surface area contributed by atoms with Gasteiger partial charge in [-0.1, -0.05) is 69.5 Å². The number of phenols is 1. The van der Waals surface area contributed by atoms with E-state index in [1.807, 2.05) is 37.8 Å². The van der Waals surface area contributed by atoms with Gasteiger partial charge in [0.15, 0.2) is 11.5 Å². The first kappa shape index (κ1) is 51.3. The molecule has 2 aromatic heterocycles. The fraction of sp³-hybridized carbons (Fsp3) is 0.436. The summed E-state index contributed by atoms with van der Waals surface area (Å²) in [5.41, 5.74) is 2.82. The highest BCUT2D eigenvalue weighted by Gasteiger charge is 2.41. The van der Waals surface area contributed by atoms with Crippen molar-refractivity contribution in [3.05, 3.63) is 122 Å². The molecular weight excluding hydrogens is 961 g/mol. The van der Waals surface area contributed by atoms with E-state index in [4.69, 9.17) is 11.6 Å². The lowest BCUT2D eigenvalue weighted by molar-refractivity contribution is -0.137. The van der Waals surface area contributed by atoms with Gasteiger partial charge in [-0.15, -0.1) is 0 Å². The first-order chi connectivity index (χ1) is 35.0. The first-order valence-electron chi connectivity index (χ1n) is 25.3. The van der Waals surface area contributed by atoms with Gasteiger partial charge in [-0.25, -0.2) is 27.5 Å². The summed E-state index contributed by atoms with van der Waals surface area (Å²) >= 11 is 5.93. The second-order valence-corrected chi connectivity index (χ2v) is 20.6. The van der Waals surface area contributed by atoms with Gasteiger partial charge in [0.05, 0.1) is 21.7 Å². The van der Waals surface area contributed by atoms with Gasteiger partial charge in [-0.3, -0.25) is 24.5 Å². The number of piperazine rings is 1. The minimum atomic E-state index is -0.921. The van der Waals surface area contributed by atoms with Crippen LogP contribution in [0.15, 0.2) is 71.0 Å². The molecule has 3 aromatic carbocycles. The molecular formula is C55H60ClF3N8O6. The number of rotatable bonds is 15. The maximum atomic E-state index is 16.3. The molecule has 5 aromatic rings. The van der Waals surface area contributed by atoms with Crippen LogP contribution < -0.4 is 15.9 Å². The number of hydrogen-bond donors (Lipinski definition) is 2. The predicted octanol–water partition coefficient (Wildman–Crippen LogP) is 8.62. The third-order valence-corrected chi connectivity index (χ3v) is 15.2. The van der Waals surface area contributed by atoms with Crippen LogP contribution in [-0.2, 0) is 27.3 Å². The van der Waals surface area contributed by atoms with Crippen LogP contribution in [0.4, 0.5) is 19.0 Å². The molecule has 0 aliphatic carbocycles. The largest absolute Gasteiger partial charge is 0.507 e. The lowest BCUT2D eigenvalue weighted by Gasteiger charge is -2.40. The van der Waals surface area contributed by atoms with E-state index < -0.39 is 58.0 Å². The zero-order valence-corrected chi connectivity index (χ0v) is 42.1. The fourth-order valence-corrected chi connectivity index (χ4v) is 11.3. The van der Waals surface area contributed by atoms with E-state index in [2.05, 4.69) is 32.8 Å². The molecule has 73 heavy (non-hydrogen) atoms. The number of pyridine rings is 1. The number of hydrogen-bond acceptors (Lipinski definition) is 10. The quantitative estimate of drug-likeness (QED) is 0.0591. The Bertz CT molecular complexity index is 3060. The third kappa shape index (κ3) is 10.5. The Kier molecular flexibility index (Phi) is 15.1. The lowest BCUT2D eigenvalue weighted by atomic mass is 9.85. The Labute approximate surface area is 426 Å². The summed E-state index contributed by atoms with van der Waals surface area (Å²) in [6, 6.07) is 12.4. The number of carbonyl (C=O) groups excluding carboxylic acids is 4. The summed E-state index contributed by atoms with van der Waals surface area (Å²) in [4.78, 5) is 81.3. The number of aromatic nitrogens is 3. The Morgan fingerprint density at radius 1 is 0.890 bits per heavy atom. The molecule has 4 amide bonds. The van der Waals surface area contributed by atoms with Gasteiger partial charge < -0.3 is 24.7 Å². The van der Waals surface area contributed by atoms with Crippen molar-refractivity contribution in [1.82, 2.24) is 34.6 Å². The zero-order chi connectivity index (χ0) is 51.8. The van der Waals surface area contributed by atoms with E-state index in [0.717, 1.165) is 99.3 Å². The fourth-order valence-electron chi connectivity index (χ4n) is 11.2. The zero-order valence-electron chi connectivity index (χ0n) is 41.4. The maximum absolute atomic E-state index is 16.3. The smallest absolute Gasteiger partial charge is 0.355 e. The lowest BCUT2D eigenvalue weighted by Crippen LogP contribution is -2.54. The van der Waals surface area contributed by atoms with Gasteiger partial charge >= 0.3 is 5.69 Å². The molecule has 384 valence electrons. The number of piperidine rings is 2. The monoisotopic (exact) mass is 1020 g/mol. The highest BCUT2D eigenvalue weighted by atomic mass is 35.5. The minimum absolute atomic E-state index is 0.0282. The number of amides is 4. The highest BCUT2D eigenvalue weighted by Crippen LogP contribution is 2.40. The number of likely N-dealkylation sites (tertiary alicyclic amines) is 1. The predicted molar refractivity (Wildman–Crippen MR) is 272 cm³/mol. The standard InChI is InChI=1S/C55H60ClF3N8O6/c1-31(2)37-25-34(11-8-6-5-7-9-20-63-21-18-35(19-22-63)38-26-36(57)27-39-41(38)30-66(54(39)72)45-16-17-47(69)60-52(45)70)14-15-44(37)67-51-40(28-43(59)49(61-51)48-42(58)12-10-13-46(48)68)50(62-55(67)73)65-24-23-64(29-32(65)3)53(71)33(4)56/h10,12-15,25-28,31-32,35,45,68H,4-9,11,16-24,29-30H2,1-3H3,(H,60,69,70)/t32-,45?/m0/s1. The summed E-state index contributed by atoms with van der Waals surface area (Å²) in [6.45, 7) is 13.1. The molecule has 2 N–H and O–H groups in total. The number of unbranched alkanes of at least 4 members (excludes halogenated alkanes) is 4. The normalized spacial score (nSPS) is 18.8. The number of anilines is 1. The number of fused-ring (bicyclic) bond motifs is 2. The van der Waals surface area contributed by atoms with E-state index in [1.165, 1.54) is 33.7 Å². The van der Waals surface area contributed by atoms with Crippen LogP contribution in [0.2, 0.25) is 0 Å². The average molecular weight is 1020 g/mol. The molecule has 0 spiro atoms. The van der Waals surface area contributed by atoms with Gasteiger partial charge in [-0.2, -0.15) is 4.98 Å². The van der Waals surface area contributed by atoms with Crippen LogP contribution in [0.5, 0.6) is 5.75 Å². The Morgan fingerprint density at radius 3 is 2.36 bits per heavy atom.